The first-order valence-corrected chi connectivity index (χ1v) is 17.0. The van der Waals surface area contributed by atoms with Gasteiger partial charge in [0.05, 0.1) is 19.5 Å². The summed E-state index contributed by atoms with van der Waals surface area (Å²) in [7, 11) is 0. The zero-order valence-electron chi connectivity index (χ0n) is 27.5. The van der Waals surface area contributed by atoms with Gasteiger partial charge in [-0.1, -0.05) is 111 Å². The van der Waals surface area contributed by atoms with Gasteiger partial charge in [0.1, 0.15) is 6.04 Å². The lowest BCUT2D eigenvalue weighted by Gasteiger charge is -2.19. The van der Waals surface area contributed by atoms with E-state index in [1.807, 2.05) is 13.8 Å². The average Bonchev–Trinajstić information content (AvgIpc) is 3.39. The molecule has 0 amide bonds. The van der Waals surface area contributed by atoms with Crippen LogP contribution in [0.5, 0.6) is 0 Å². The summed E-state index contributed by atoms with van der Waals surface area (Å²) >= 11 is 0. The molecular formula is C33H58N6O5. The number of nitrogens with two attached hydrogens (primary N) is 2. The van der Waals surface area contributed by atoms with Gasteiger partial charge in [-0.3, -0.25) is 19.4 Å². The Kier molecular flexibility index (Phi) is 18.4. The van der Waals surface area contributed by atoms with Crippen LogP contribution in [0.4, 0.5) is 5.95 Å². The molecule has 44 heavy (non-hydrogen) atoms. The molecule has 0 fully saturated rings. The van der Waals surface area contributed by atoms with Crippen molar-refractivity contribution in [1.82, 2.24) is 19.5 Å². The Morgan fingerprint density at radius 2 is 1.48 bits per heavy atom. The number of nitrogens with zero attached hydrogens (tertiary/aromatic N) is 3. The van der Waals surface area contributed by atoms with Gasteiger partial charge in [-0.05, 0) is 18.8 Å². The van der Waals surface area contributed by atoms with Crippen molar-refractivity contribution in [3.8, 4) is 0 Å². The molecule has 0 aliphatic carbocycles. The number of hydrogen-bond acceptors (Lipinski definition) is 9. The third-order valence-corrected chi connectivity index (χ3v) is 8.17. The lowest BCUT2D eigenvalue weighted by atomic mass is 10.0. The first kappa shape index (κ1) is 37.2. The minimum Gasteiger partial charge on any atom is -0.465 e. The number of fused-ring (bicyclic) bond motifs is 1. The quantitative estimate of drug-likeness (QED) is 0.0887. The molecule has 0 saturated heterocycles. The first-order chi connectivity index (χ1) is 21.2. The smallest absolute Gasteiger partial charge is 0.323 e. The van der Waals surface area contributed by atoms with Gasteiger partial charge in [0.25, 0.3) is 5.56 Å². The van der Waals surface area contributed by atoms with Gasteiger partial charge in [-0.2, -0.15) is 4.98 Å². The van der Waals surface area contributed by atoms with E-state index in [0.717, 1.165) is 19.3 Å². The maximum Gasteiger partial charge on any atom is 0.323 e. The fourth-order valence-corrected chi connectivity index (χ4v) is 5.23. The molecule has 0 radical (unpaired) electrons. The fraction of sp³-hybridized carbons (Fsp3) is 0.788. The van der Waals surface area contributed by atoms with E-state index in [-0.39, 0.29) is 42.5 Å². The summed E-state index contributed by atoms with van der Waals surface area (Å²) in [6, 6.07) is -0.697. The highest BCUT2D eigenvalue weighted by molar-refractivity contribution is 5.75. The standard InChI is InChI=1S/C33H58N6O5/c1-4-5-6-7-8-9-10-11-12-13-14-15-16-17-18-19-27(40)44-23-26(20-21-43-32(42)28(34)25(2)3)22-39-24-36-29-30(39)37-33(35)38-31(29)41/h24-26,28H,4-23,34H2,1-3H3,(H3,35,37,38,41)/t26-,28?/m0/s1. The number of hydrogen-bond donors (Lipinski definition) is 3. The van der Waals surface area contributed by atoms with E-state index in [1.54, 1.807) is 4.57 Å². The van der Waals surface area contributed by atoms with Gasteiger partial charge in [0, 0.05) is 18.9 Å². The molecule has 1 unspecified atom stereocenters. The molecule has 2 atom stereocenters. The predicted octanol–water partition coefficient (Wildman–Crippen LogP) is 6.04. The molecule has 0 aromatic carbocycles. The van der Waals surface area contributed by atoms with E-state index in [9.17, 15) is 14.4 Å². The average molecular weight is 619 g/mol. The number of aromatic nitrogens is 4. The van der Waals surface area contributed by atoms with Crippen molar-refractivity contribution in [2.45, 2.75) is 143 Å². The number of nitrogen functional groups attached to an aromatic ring is 1. The van der Waals surface area contributed by atoms with Crippen molar-refractivity contribution in [2.24, 2.45) is 17.6 Å². The normalized spacial score (nSPS) is 12.9. The van der Waals surface area contributed by atoms with Crippen LogP contribution in [0.2, 0.25) is 0 Å². The Morgan fingerprint density at radius 1 is 0.909 bits per heavy atom. The second kappa shape index (κ2) is 21.7. The Labute approximate surface area is 263 Å². The number of ether oxygens (including phenoxy) is 2. The van der Waals surface area contributed by atoms with Crippen LogP contribution in [0.1, 0.15) is 130 Å². The largest absolute Gasteiger partial charge is 0.465 e. The van der Waals surface area contributed by atoms with E-state index in [0.29, 0.717) is 25.0 Å². The predicted molar refractivity (Wildman–Crippen MR) is 175 cm³/mol. The summed E-state index contributed by atoms with van der Waals surface area (Å²) in [6.45, 7) is 6.60. The van der Waals surface area contributed by atoms with Gasteiger partial charge < -0.3 is 25.5 Å². The summed E-state index contributed by atoms with van der Waals surface area (Å²) in [5, 5.41) is 0. The highest BCUT2D eigenvalue weighted by Crippen LogP contribution is 2.16. The SMILES string of the molecule is CCCCCCCCCCCCCCCCCC(=O)OC[C@@H](CCOC(=O)C(N)C(C)C)Cn1cnc2c(=O)[nH]c(N)nc21. The van der Waals surface area contributed by atoms with Crippen LogP contribution >= 0.6 is 0 Å². The molecule has 0 aliphatic heterocycles. The molecule has 2 heterocycles. The molecule has 0 saturated carbocycles. The van der Waals surface area contributed by atoms with Crippen LogP contribution in [-0.2, 0) is 25.6 Å². The van der Waals surface area contributed by atoms with E-state index in [4.69, 9.17) is 20.9 Å². The highest BCUT2D eigenvalue weighted by Gasteiger charge is 2.21. The number of carbonyl (C=O) groups excluding carboxylic acids is 2. The Morgan fingerprint density at radius 3 is 2.05 bits per heavy atom. The number of H-pyrrole nitrogens is 1. The zero-order chi connectivity index (χ0) is 32.2. The summed E-state index contributed by atoms with van der Waals surface area (Å²) in [6.07, 6.45) is 21.4. The van der Waals surface area contributed by atoms with Gasteiger partial charge in [-0.25, -0.2) is 4.98 Å². The lowest BCUT2D eigenvalue weighted by molar-refractivity contribution is -0.149. The summed E-state index contributed by atoms with van der Waals surface area (Å²) in [4.78, 5) is 47.7. The monoisotopic (exact) mass is 618 g/mol. The van der Waals surface area contributed by atoms with E-state index >= 15 is 0 Å². The number of imidazole rings is 1. The minimum atomic E-state index is -0.697. The molecule has 0 bridgehead atoms. The lowest BCUT2D eigenvalue weighted by Crippen LogP contribution is -2.37. The van der Waals surface area contributed by atoms with Crippen molar-refractivity contribution in [2.75, 3.05) is 18.9 Å². The van der Waals surface area contributed by atoms with Crippen LogP contribution < -0.4 is 17.0 Å². The molecule has 2 aromatic heterocycles. The molecule has 0 spiro atoms. The summed E-state index contributed by atoms with van der Waals surface area (Å²) < 4.78 is 12.7. The van der Waals surface area contributed by atoms with Crippen molar-refractivity contribution in [1.29, 1.82) is 0 Å². The number of rotatable bonds is 25. The number of unbranched alkanes of at least 4 members (excludes halogenated alkanes) is 14. The Balaban J connectivity index is 1.69. The molecule has 250 valence electrons. The van der Waals surface area contributed by atoms with Crippen LogP contribution in [0.15, 0.2) is 11.1 Å². The fourth-order valence-electron chi connectivity index (χ4n) is 5.23. The highest BCUT2D eigenvalue weighted by atomic mass is 16.5. The van der Waals surface area contributed by atoms with Gasteiger partial charge in [-0.15, -0.1) is 0 Å². The molecule has 11 heteroatoms. The summed E-state index contributed by atoms with van der Waals surface area (Å²) in [5.41, 5.74) is 11.7. The van der Waals surface area contributed by atoms with Gasteiger partial charge in [0.2, 0.25) is 5.95 Å². The number of aromatic amines is 1. The first-order valence-electron chi connectivity index (χ1n) is 17.0. The Hall–Kier alpha value is -2.95. The topological polar surface area (TPSA) is 168 Å². The maximum atomic E-state index is 12.5. The zero-order valence-corrected chi connectivity index (χ0v) is 27.5. The summed E-state index contributed by atoms with van der Waals surface area (Å²) in [5.74, 6) is -0.947. The Bertz CT molecular complexity index is 1150. The number of nitrogens with one attached hydrogen (secondary N) is 1. The third-order valence-electron chi connectivity index (χ3n) is 8.17. The van der Waals surface area contributed by atoms with Crippen LogP contribution in [0.25, 0.3) is 11.2 Å². The second-order valence-corrected chi connectivity index (χ2v) is 12.5. The van der Waals surface area contributed by atoms with Gasteiger partial charge in [0.15, 0.2) is 11.2 Å². The van der Waals surface area contributed by atoms with Crippen LogP contribution in [0, 0.1) is 11.8 Å². The van der Waals surface area contributed by atoms with Crippen molar-refractivity contribution >= 4 is 29.1 Å². The second-order valence-electron chi connectivity index (χ2n) is 12.5. The molecule has 2 aromatic rings. The van der Waals surface area contributed by atoms with Crippen molar-refractivity contribution < 1.29 is 19.1 Å². The minimum absolute atomic E-state index is 0.00710. The van der Waals surface area contributed by atoms with E-state index < -0.39 is 17.6 Å². The van der Waals surface area contributed by atoms with E-state index in [2.05, 4.69) is 21.9 Å². The molecule has 11 nitrogen and oxygen atoms in total. The number of esters is 2. The molecule has 5 N–H and O–H groups in total. The number of anilines is 1. The van der Waals surface area contributed by atoms with Crippen LogP contribution in [-0.4, -0.2) is 50.7 Å². The van der Waals surface area contributed by atoms with E-state index in [1.165, 1.54) is 83.4 Å². The number of carbonyl (C=O) groups is 2. The molecule has 2 rings (SSSR count). The maximum absolute atomic E-state index is 12.5. The van der Waals surface area contributed by atoms with Crippen molar-refractivity contribution in [3.05, 3.63) is 16.7 Å². The van der Waals surface area contributed by atoms with Crippen molar-refractivity contribution in [3.63, 3.8) is 0 Å². The van der Waals surface area contributed by atoms with Crippen LogP contribution in [0.3, 0.4) is 0 Å². The molecular weight excluding hydrogens is 560 g/mol. The molecule has 0 aliphatic rings. The van der Waals surface area contributed by atoms with Gasteiger partial charge >= 0.3 is 11.9 Å². The third kappa shape index (κ3) is 14.7.